The summed E-state index contributed by atoms with van der Waals surface area (Å²) in [6, 6.07) is 6.44. The number of hydrogen-bond donors (Lipinski definition) is 0. The summed E-state index contributed by atoms with van der Waals surface area (Å²) in [5, 5.41) is 0. The van der Waals surface area contributed by atoms with E-state index in [1.165, 1.54) is 16.7 Å². The molecule has 1 heterocycles. The Labute approximate surface area is 84.4 Å². The molecule has 1 aliphatic carbocycles. The second kappa shape index (κ2) is 2.41. The summed E-state index contributed by atoms with van der Waals surface area (Å²) in [6.45, 7) is 6.23. The van der Waals surface area contributed by atoms with Gasteiger partial charge in [-0.25, -0.2) is 0 Å². The van der Waals surface area contributed by atoms with Crippen LogP contribution in [0.2, 0.25) is 0 Å². The van der Waals surface area contributed by atoms with Crippen molar-refractivity contribution in [1.29, 1.82) is 0 Å². The summed E-state index contributed by atoms with van der Waals surface area (Å²) >= 11 is 0. The standard InChI is InChI=1S/C13H14O/c1-9-3-4-11-8-10(2)13(5-6-13)14-12(11)7-9/h3-4,7H,2,5-6,8H2,1H3. The van der Waals surface area contributed by atoms with Gasteiger partial charge in [-0.3, -0.25) is 0 Å². The molecule has 1 saturated carbocycles. The highest BCUT2D eigenvalue weighted by atomic mass is 16.5. The van der Waals surface area contributed by atoms with Crippen LogP contribution in [0.3, 0.4) is 0 Å². The van der Waals surface area contributed by atoms with Crippen molar-refractivity contribution in [2.45, 2.75) is 31.8 Å². The van der Waals surface area contributed by atoms with Gasteiger partial charge in [-0.2, -0.15) is 0 Å². The maximum Gasteiger partial charge on any atom is 0.130 e. The fraction of sp³-hybridized carbons (Fsp3) is 0.385. The predicted molar refractivity (Wildman–Crippen MR) is 56.6 cm³/mol. The molecule has 0 bridgehead atoms. The van der Waals surface area contributed by atoms with Gasteiger partial charge in [0.2, 0.25) is 0 Å². The van der Waals surface area contributed by atoms with Crippen molar-refractivity contribution >= 4 is 0 Å². The minimum absolute atomic E-state index is 0.0286. The quantitative estimate of drug-likeness (QED) is 0.566. The second-order valence-corrected chi connectivity index (χ2v) is 4.49. The molecular formula is C13H14O. The van der Waals surface area contributed by atoms with E-state index in [4.69, 9.17) is 4.74 Å². The van der Waals surface area contributed by atoms with Crippen molar-refractivity contribution in [3.63, 3.8) is 0 Å². The zero-order valence-electron chi connectivity index (χ0n) is 8.47. The van der Waals surface area contributed by atoms with Gasteiger partial charge in [0.15, 0.2) is 0 Å². The molecule has 3 rings (SSSR count). The molecule has 0 aromatic heterocycles. The summed E-state index contributed by atoms with van der Waals surface area (Å²) in [7, 11) is 0. The third-order valence-electron chi connectivity index (χ3n) is 3.28. The first-order valence-corrected chi connectivity index (χ1v) is 5.16. The van der Waals surface area contributed by atoms with Crippen LogP contribution in [-0.4, -0.2) is 5.60 Å². The van der Waals surface area contributed by atoms with Crippen LogP contribution in [0, 0.1) is 6.92 Å². The summed E-state index contributed by atoms with van der Waals surface area (Å²) in [6.07, 6.45) is 3.30. The zero-order valence-corrected chi connectivity index (χ0v) is 8.47. The summed E-state index contributed by atoms with van der Waals surface area (Å²) in [5.41, 5.74) is 3.85. The maximum absolute atomic E-state index is 6.02. The molecule has 0 N–H and O–H groups in total. The summed E-state index contributed by atoms with van der Waals surface area (Å²) < 4.78 is 6.02. The molecule has 2 aliphatic rings. The molecule has 14 heavy (non-hydrogen) atoms. The predicted octanol–water partition coefficient (Wildman–Crippen LogP) is 3.02. The van der Waals surface area contributed by atoms with Crippen LogP contribution < -0.4 is 4.74 Å². The first kappa shape index (κ1) is 8.10. The van der Waals surface area contributed by atoms with Gasteiger partial charge in [0.25, 0.3) is 0 Å². The number of fused-ring (bicyclic) bond motifs is 1. The highest BCUT2D eigenvalue weighted by Gasteiger charge is 2.50. The fourth-order valence-corrected chi connectivity index (χ4v) is 2.15. The van der Waals surface area contributed by atoms with Crippen LogP contribution in [0.25, 0.3) is 0 Å². The molecule has 0 radical (unpaired) electrons. The third kappa shape index (κ3) is 1.02. The average molecular weight is 186 g/mol. The molecule has 1 aromatic rings. The molecule has 1 heteroatoms. The van der Waals surface area contributed by atoms with Crippen molar-refractivity contribution < 1.29 is 4.74 Å². The lowest BCUT2D eigenvalue weighted by Gasteiger charge is -2.28. The van der Waals surface area contributed by atoms with Gasteiger partial charge in [0, 0.05) is 6.42 Å². The van der Waals surface area contributed by atoms with Gasteiger partial charge < -0.3 is 4.74 Å². The molecule has 72 valence electrons. The highest BCUT2D eigenvalue weighted by Crippen LogP contribution is 2.50. The Morgan fingerprint density at radius 2 is 2.14 bits per heavy atom. The first-order valence-electron chi connectivity index (χ1n) is 5.16. The number of ether oxygens (including phenoxy) is 1. The van der Waals surface area contributed by atoms with Crippen LogP contribution in [0.15, 0.2) is 30.4 Å². The number of benzene rings is 1. The Kier molecular flexibility index (Phi) is 1.40. The van der Waals surface area contributed by atoms with Crippen LogP contribution >= 0.6 is 0 Å². The van der Waals surface area contributed by atoms with Crippen LogP contribution in [-0.2, 0) is 6.42 Å². The minimum atomic E-state index is 0.0286. The molecule has 0 saturated heterocycles. The van der Waals surface area contributed by atoms with E-state index >= 15 is 0 Å². The Morgan fingerprint density at radius 1 is 1.36 bits per heavy atom. The first-order chi connectivity index (χ1) is 6.70. The molecule has 1 aromatic carbocycles. The van der Waals surface area contributed by atoms with E-state index in [1.807, 2.05) is 0 Å². The summed E-state index contributed by atoms with van der Waals surface area (Å²) in [4.78, 5) is 0. The number of rotatable bonds is 0. The second-order valence-electron chi connectivity index (χ2n) is 4.49. The molecule has 1 aliphatic heterocycles. The zero-order chi connectivity index (χ0) is 9.76. The smallest absolute Gasteiger partial charge is 0.130 e. The average Bonchev–Trinajstić information content (AvgIpc) is 2.89. The van der Waals surface area contributed by atoms with Gasteiger partial charge in [-0.15, -0.1) is 0 Å². The van der Waals surface area contributed by atoms with Gasteiger partial charge in [-0.05, 0) is 42.5 Å². The van der Waals surface area contributed by atoms with Gasteiger partial charge in [-0.1, -0.05) is 18.7 Å². The molecule has 1 fully saturated rings. The molecule has 0 atom stereocenters. The molecule has 0 amide bonds. The van der Waals surface area contributed by atoms with Gasteiger partial charge in [0.05, 0.1) is 0 Å². The lowest BCUT2D eigenvalue weighted by molar-refractivity contribution is 0.200. The highest BCUT2D eigenvalue weighted by molar-refractivity contribution is 5.46. The minimum Gasteiger partial charge on any atom is -0.483 e. The maximum atomic E-state index is 6.02. The topological polar surface area (TPSA) is 9.23 Å². The van der Waals surface area contributed by atoms with Crippen LogP contribution in [0.4, 0.5) is 0 Å². The molecule has 1 spiro atoms. The lowest BCUT2D eigenvalue weighted by atomic mass is 9.95. The van der Waals surface area contributed by atoms with E-state index < -0.39 is 0 Å². The van der Waals surface area contributed by atoms with E-state index in [2.05, 4.69) is 31.7 Å². The van der Waals surface area contributed by atoms with Crippen LogP contribution in [0.5, 0.6) is 5.75 Å². The Bertz CT molecular complexity index is 413. The van der Waals surface area contributed by atoms with Gasteiger partial charge >= 0.3 is 0 Å². The van der Waals surface area contributed by atoms with Crippen molar-refractivity contribution in [2.75, 3.05) is 0 Å². The van der Waals surface area contributed by atoms with Gasteiger partial charge in [0.1, 0.15) is 11.4 Å². The van der Waals surface area contributed by atoms with E-state index in [1.54, 1.807) is 0 Å². The summed E-state index contributed by atoms with van der Waals surface area (Å²) in [5.74, 6) is 1.08. The van der Waals surface area contributed by atoms with Crippen molar-refractivity contribution in [1.82, 2.24) is 0 Å². The fourth-order valence-electron chi connectivity index (χ4n) is 2.15. The lowest BCUT2D eigenvalue weighted by Crippen LogP contribution is -2.26. The normalized spacial score (nSPS) is 21.6. The van der Waals surface area contributed by atoms with Crippen molar-refractivity contribution in [3.05, 3.63) is 41.5 Å². The Morgan fingerprint density at radius 3 is 2.86 bits per heavy atom. The van der Waals surface area contributed by atoms with Crippen molar-refractivity contribution in [2.24, 2.45) is 0 Å². The largest absolute Gasteiger partial charge is 0.483 e. The van der Waals surface area contributed by atoms with E-state index in [0.717, 1.165) is 25.0 Å². The third-order valence-corrected chi connectivity index (χ3v) is 3.28. The van der Waals surface area contributed by atoms with E-state index in [-0.39, 0.29) is 5.60 Å². The monoisotopic (exact) mass is 186 g/mol. The Hall–Kier alpha value is -1.24. The van der Waals surface area contributed by atoms with Crippen molar-refractivity contribution in [3.8, 4) is 5.75 Å². The Balaban J connectivity index is 2.07. The molecule has 0 unspecified atom stereocenters. The molecule has 1 nitrogen and oxygen atoms in total. The SMILES string of the molecule is C=C1Cc2ccc(C)cc2OC12CC2. The number of aryl methyl sites for hydroxylation is 1. The molecular weight excluding hydrogens is 172 g/mol. The number of hydrogen-bond acceptors (Lipinski definition) is 1. The van der Waals surface area contributed by atoms with E-state index in [0.29, 0.717) is 0 Å². The van der Waals surface area contributed by atoms with E-state index in [9.17, 15) is 0 Å². The van der Waals surface area contributed by atoms with Crippen LogP contribution in [0.1, 0.15) is 24.0 Å².